The maximum atomic E-state index is 3.58. The Balaban J connectivity index is -0.000000218. The van der Waals surface area contributed by atoms with Gasteiger partial charge in [-0.1, -0.05) is 46.4 Å². The summed E-state index contributed by atoms with van der Waals surface area (Å²) >= 11 is 0. The Morgan fingerprint density at radius 3 is 1.85 bits per heavy atom. The molecule has 0 spiro atoms. The zero-order valence-electron chi connectivity index (χ0n) is 10.0. The van der Waals surface area contributed by atoms with E-state index in [4.69, 9.17) is 0 Å². The maximum absolute atomic E-state index is 3.58. The summed E-state index contributed by atoms with van der Waals surface area (Å²) in [5.74, 6) is 0. The van der Waals surface area contributed by atoms with Gasteiger partial charge in [0.25, 0.3) is 0 Å². The minimum absolute atomic E-state index is 1.08. The van der Waals surface area contributed by atoms with E-state index in [-0.39, 0.29) is 0 Å². The summed E-state index contributed by atoms with van der Waals surface area (Å²) in [5, 5.41) is 3.01. The van der Waals surface area contributed by atoms with Gasteiger partial charge in [-0.05, 0) is 19.1 Å². The Kier molecular flexibility index (Phi) is 31.0. The summed E-state index contributed by atoms with van der Waals surface area (Å²) in [6, 6.07) is 0. The first-order chi connectivity index (χ1) is 6.35. The fraction of sp³-hybridized carbons (Fsp3) is 0.500. The van der Waals surface area contributed by atoms with Crippen LogP contribution < -0.4 is 5.32 Å². The molecule has 0 aliphatic heterocycles. The van der Waals surface area contributed by atoms with E-state index in [1.807, 2.05) is 59.9 Å². The number of allylic oxidation sites excluding steroid dienone is 4. The second-order valence-electron chi connectivity index (χ2n) is 1.61. The largest absolute Gasteiger partial charge is 0.388 e. The SMILES string of the molecule is C=C/C=C(\C=C/C)NC.CC.CC. The molecule has 0 bridgehead atoms. The molecular formula is C12H25N. The van der Waals surface area contributed by atoms with Crippen LogP contribution in [-0.2, 0) is 0 Å². The van der Waals surface area contributed by atoms with Crippen LogP contribution in [0.15, 0.2) is 36.6 Å². The summed E-state index contributed by atoms with van der Waals surface area (Å²) in [6.07, 6.45) is 7.64. The van der Waals surface area contributed by atoms with Crippen LogP contribution >= 0.6 is 0 Å². The average Bonchev–Trinajstić information content (AvgIpc) is 2.23. The number of rotatable bonds is 3. The van der Waals surface area contributed by atoms with Gasteiger partial charge in [0.2, 0.25) is 0 Å². The molecule has 0 atom stereocenters. The Morgan fingerprint density at radius 1 is 1.15 bits per heavy atom. The summed E-state index contributed by atoms with van der Waals surface area (Å²) in [5.41, 5.74) is 1.08. The molecule has 1 nitrogen and oxygen atoms in total. The molecule has 0 amide bonds. The highest BCUT2D eigenvalue weighted by molar-refractivity contribution is 5.20. The molecule has 0 aromatic heterocycles. The summed E-state index contributed by atoms with van der Waals surface area (Å²) < 4.78 is 0. The minimum Gasteiger partial charge on any atom is -0.388 e. The van der Waals surface area contributed by atoms with Crippen LogP contribution in [0.1, 0.15) is 34.6 Å². The fourth-order valence-electron chi connectivity index (χ4n) is 0.529. The van der Waals surface area contributed by atoms with Crippen molar-refractivity contribution in [3.8, 4) is 0 Å². The van der Waals surface area contributed by atoms with E-state index in [2.05, 4.69) is 11.9 Å². The van der Waals surface area contributed by atoms with Crippen LogP contribution in [0.3, 0.4) is 0 Å². The van der Waals surface area contributed by atoms with E-state index >= 15 is 0 Å². The smallest absolute Gasteiger partial charge is 0.0334 e. The van der Waals surface area contributed by atoms with Gasteiger partial charge in [-0.2, -0.15) is 0 Å². The van der Waals surface area contributed by atoms with Gasteiger partial charge in [0.1, 0.15) is 0 Å². The average molecular weight is 183 g/mol. The van der Waals surface area contributed by atoms with Gasteiger partial charge < -0.3 is 5.32 Å². The third-order valence-electron chi connectivity index (χ3n) is 0.932. The first kappa shape index (κ1) is 17.9. The first-order valence-corrected chi connectivity index (χ1v) is 4.98. The molecule has 1 heteroatoms. The van der Waals surface area contributed by atoms with Crippen LogP contribution in [0.5, 0.6) is 0 Å². The Hall–Kier alpha value is -0.980. The summed E-state index contributed by atoms with van der Waals surface area (Å²) in [6.45, 7) is 13.6. The molecule has 0 aliphatic rings. The number of likely N-dealkylation sites (N-methyl/N-ethyl adjacent to an activating group) is 1. The van der Waals surface area contributed by atoms with Crippen molar-refractivity contribution in [1.29, 1.82) is 0 Å². The predicted octanol–water partition coefficient (Wildman–Crippen LogP) is 3.90. The van der Waals surface area contributed by atoms with E-state index in [1.165, 1.54) is 0 Å². The van der Waals surface area contributed by atoms with E-state index in [0.29, 0.717) is 0 Å². The molecule has 78 valence electrons. The summed E-state index contributed by atoms with van der Waals surface area (Å²) in [4.78, 5) is 0. The van der Waals surface area contributed by atoms with E-state index in [9.17, 15) is 0 Å². The van der Waals surface area contributed by atoms with E-state index < -0.39 is 0 Å². The van der Waals surface area contributed by atoms with E-state index in [0.717, 1.165) is 5.70 Å². The van der Waals surface area contributed by atoms with Crippen LogP contribution in [0.25, 0.3) is 0 Å². The van der Waals surface area contributed by atoms with Crippen LogP contribution in [0, 0.1) is 0 Å². The molecule has 1 N–H and O–H groups in total. The van der Waals surface area contributed by atoms with Crippen LogP contribution in [0.2, 0.25) is 0 Å². The number of nitrogens with one attached hydrogen (secondary N) is 1. The normalized spacial score (nSPS) is 9.23. The number of hydrogen-bond donors (Lipinski definition) is 1. The third kappa shape index (κ3) is 18.2. The second-order valence-corrected chi connectivity index (χ2v) is 1.61. The van der Waals surface area contributed by atoms with Crippen LogP contribution in [-0.4, -0.2) is 7.05 Å². The quantitative estimate of drug-likeness (QED) is 0.654. The molecule has 0 heterocycles. The van der Waals surface area contributed by atoms with Crippen molar-refractivity contribution in [3.63, 3.8) is 0 Å². The lowest BCUT2D eigenvalue weighted by Crippen LogP contribution is -2.01. The van der Waals surface area contributed by atoms with Gasteiger partial charge in [0, 0.05) is 12.7 Å². The molecule has 0 saturated heterocycles. The van der Waals surface area contributed by atoms with Crippen LogP contribution in [0.4, 0.5) is 0 Å². The Morgan fingerprint density at radius 2 is 1.62 bits per heavy atom. The van der Waals surface area contributed by atoms with Gasteiger partial charge >= 0.3 is 0 Å². The molecule has 0 aromatic rings. The van der Waals surface area contributed by atoms with Crippen molar-refractivity contribution < 1.29 is 0 Å². The van der Waals surface area contributed by atoms with Gasteiger partial charge in [-0.25, -0.2) is 0 Å². The second kappa shape index (κ2) is 22.5. The zero-order chi connectivity index (χ0) is 11.1. The van der Waals surface area contributed by atoms with Crippen molar-refractivity contribution in [2.45, 2.75) is 34.6 Å². The highest BCUT2D eigenvalue weighted by atomic mass is 14.8. The molecule has 0 rings (SSSR count). The van der Waals surface area contributed by atoms with Crippen molar-refractivity contribution in [2.24, 2.45) is 0 Å². The highest BCUT2D eigenvalue weighted by Gasteiger charge is 1.78. The lowest BCUT2D eigenvalue weighted by atomic mass is 10.3. The standard InChI is InChI=1S/C8H13N.2C2H6/c1-4-6-8(9-3)7-5-2;2*1-2/h4-7,9H,1H2,2-3H3;2*1-2H3/b7-5-,8-6+;;. The molecule has 0 saturated carbocycles. The van der Waals surface area contributed by atoms with Gasteiger partial charge in [0.15, 0.2) is 0 Å². The summed E-state index contributed by atoms with van der Waals surface area (Å²) in [7, 11) is 1.88. The van der Waals surface area contributed by atoms with Crippen molar-refractivity contribution in [2.75, 3.05) is 7.05 Å². The van der Waals surface area contributed by atoms with Crippen molar-refractivity contribution in [3.05, 3.63) is 36.6 Å². The molecule has 13 heavy (non-hydrogen) atoms. The molecular weight excluding hydrogens is 158 g/mol. The van der Waals surface area contributed by atoms with Crippen molar-refractivity contribution >= 4 is 0 Å². The van der Waals surface area contributed by atoms with Gasteiger partial charge in [-0.3, -0.25) is 0 Å². The van der Waals surface area contributed by atoms with Gasteiger partial charge in [0.05, 0.1) is 0 Å². The molecule has 0 fully saturated rings. The van der Waals surface area contributed by atoms with Gasteiger partial charge in [-0.15, -0.1) is 0 Å². The topological polar surface area (TPSA) is 12.0 Å². The maximum Gasteiger partial charge on any atom is 0.0334 e. The molecule has 0 aliphatic carbocycles. The number of hydrogen-bond acceptors (Lipinski definition) is 1. The molecule has 0 radical (unpaired) electrons. The van der Waals surface area contributed by atoms with E-state index in [1.54, 1.807) is 6.08 Å². The Labute approximate surface area is 84.2 Å². The monoisotopic (exact) mass is 183 g/mol. The first-order valence-electron chi connectivity index (χ1n) is 4.98. The highest BCUT2D eigenvalue weighted by Crippen LogP contribution is 1.89. The lowest BCUT2D eigenvalue weighted by molar-refractivity contribution is 1.03. The third-order valence-corrected chi connectivity index (χ3v) is 0.932. The zero-order valence-corrected chi connectivity index (χ0v) is 10.0. The molecule has 0 unspecified atom stereocenters. The van der Waals surface area contributed by atoms with Crippen molar-refractivity contribution in [1.82, 2.24) is 5.32 Å². The molecule has 0 aromatic carbocycles. The minimum atomic E-state index is 1.08. The fourth-order valence-corrected chi connectivity index (χ4v) is 0.529. The Bertz CT molecular complexity index is 132. The lowest BCUT2D eigenvalue weighted by Gasteiger charge is -1.95. The predicted molar refractivity (Wildman–Crippen MR) is 64.8 cm³/mol.